The Balaban J connectivity index is 1.32. The Labute approximate surface area is 264 Å². The molecule has 0 saturated heterocycles. The highest BCUT2D eigenvalue weighted by Crippen LogP contribution is 2.38. The van der Waals surface area contributed by atoms with Crippen molar-refractivity contribution in [3.05, 3.63) is 152 Å². The van der Waals surface area contributed by atoms with Gasteiger partial charge in [-0.2, -0.15) is 0 Å². The summed E-state index contributed by atoms with van der Waals surface area (Å²) >= 11 is 0. The molecule has 0 N–H and O–H groups in total. The summed E-state index contributed by atoms with van der Waals surface area (Å²) in [5.74, 6) is 0.653. The second kappa shape index (κ2) is 10.7. The van der Waals surface area contributed by atoms with Crippen molar-refractivity contribution in [2.24, 2.45) is 0 Å². The molecule has 0 unspecified atom stereocenters. The topological polar surface area (TPSA) is 64.5 Å². The highest BCUT2D eigenvalue weighted by atomic mass is 14.9. The summed E-state index contributed by atoms with van der Waals surface area (Å²) in [6.07, 6.45) is 5.45. The highest BCUT2D eigenvalue weighted by Gasteiger charge is 2.17. The third kappa shape index (κ3) is 4.37. The zero-order chi connectivity index (χ0) is 30.5. The van der Waals surface area contributed by atoms with E-state index in [1.54, 1.807) is 0 Å². The van der Waals surface area contributed by atoms with Crippen molar-refractivity contribution in [2.45, 2.75) is 0 Å². The summed E-state index contributed by atoms with van der Waals surface area (Å²) in [4.78, 5) is 24.4. The zero-order valence-electron chi connectivity index (χ0n) is 24.7. The van der Waals surface area contributed by atoms with Gasteiger partial charge >= 0.3 is 0 Å². The van der Waals surface area contributed by atoms with Crippen LogP contribution in [0.2, 0.25) is 0 Å². The highest BCUT2D eigenvalue weighted by molar-refractivity contribution is 6.14. The molecule has 9 rings (SSSR count). The van der Waals surface area contributed by atoms with Gasteiger partial charge in [-0.1, -0.05) is 91.0 Å². The average molecular weight is 588 g/mol. The summed E-state index contributed by atoms with van der Waals surface area (Å²) in [6.45, 7) is 0. The van der Waals surface area contributed by atoms with E-state index in [4.69, 9.17) is 15.0 Å². The fourth-order valence-electron chi connectivity index (χ4n) is 6.43. The Morgan fingerprint density at radius 3 is 1.74 bits per heavy atom. The van der Waals surface area contributed by atoms with Gasteiger partial charge in [0.05, 0.1) is 28.1 Å². The number of nitrogens with zero attached hydrogens (tertiary/aromatic N) is 5. The third-order valence-electron chi connectivity index (χ3n) is 8.61. The van der Waals surface area contributed by atoms with E-state index in [0.717, 1.165) is 66.5 Å². The minimum absolute atomic E-state index is 0.653. The predicted molar refractivity (Wildman–Crippen MR) is 187 cm³/mol. The fraction of sp³-hybridized carbons (Fsp3) is 0. The van der Waals surface area contributed by atoms with Gasteiger partial charge in [0.15, 0.2) is 5.82 Å². The van der Waals surface area contributed by atoms with Crippen LogP contribution >= 0.6 is 0 Å². The van der Waals surface area contributed by atoms with Crippen LogP contribution in [-0.4, -0.2) is 24.9 Å². The molecule has 0 saturated carbocycles. The number of benzene rings is 5. The normalized spacial score (nSPS) is 11.5. The number of rotatable bonds is 4. The van der Waals surface area contributed by atoms with Crippen LogP contribution in [0.4, 0.5) is 0 Å². The van der Waals surface area contributed by atoms with Gasteiger partial charge in [0, 0.05) is 51.6 Å². The second-order valence-corrected chi connectivity index (χ2v) is 11.3. The Bertz CT molecular complexity index is 2440. The standard InChI is InChI=1S/C41H25N5/c1-2-11-30-28(9-1)23-34(32-13-4-3-12-31(30)32)37-25-38(35-24-29-10-7-21-43-39(29)40-33(35)14-8-22-44-40)46-41(45-37)27-18-16-26(17-19-27)36-15-5-6-20-42-36/h1-25H. The first kappa shape index (κ1) is 26.1. The first-order valence-electron chi connectivity index (χ1n) is 15.2. The van der Waals surface area contributed by atoms with Crippen LogP contribution in [0.1, 0.15) is 0 Å². The van der Waals surface area contributed by atoms with Crippen molar-refractivity contribution in [3.63, 3.8) is 0 Å². The maximum atomic E-state index is 5.25. The molecule has 5 nitrogen and oxygen atoms in total. The smallest absolute Gasteiger partial charge is 0.160 e. The van der Waals surface area contributed by atoms with Crippen LogP contribution in [-0.2, 0) is 0 Å². The Hall–Kier alpha value is -6.33. The number of hydrogen-bond acceptors (Lipinski definition) is 5. The van der Waals surface area contributed by atoms with E-state index >= 15 is 0 Å². The molecule has 0 bridgehead atoms. The van der Waals surface area contributed by atoms with E-state index in [0.29, 0.717) is 5.82 Å². The number of pyridine rings is 3. The van der Waals surface area contributed by atoms with Crippen LogP contribution in [0.15, 0.2) is 152 Å². The van der Waals surface area contributed by atoms with E-state index in [9.17, 15) is 0 Å². The Kier molecular flexibility index (Phi) is 6.06. The van der Waals surface area contributed by atoms with Crippen molar-refractivity contribution < 1.29 is 0 Å². The van der Waals surface area contributed by atoms with Crippen LogP contribution in [0, 0.1) is 0 Å². The number of aromatic nitrogens is 5. The predicted octanol–water partition coefficient (Wildman–Crippen LogP) is 9.94. The molecule has 0 aliphatic heterocycles. The van der Waals surface area contributed by atoms with Gasteiger partial charge in [-0.3, -0.25) is 15.0 Å². The largest absolute Gasteiger partial charge is 0.256 e. The van der Waals surface area contributed by atoms with Gasteiger partial charge in [0.1, 0.15) is 0 Å². The van der Waals surface area contributed by atoms with Crippen LogP contribution in [0.5, 0.6) is 0 Å². The molecule has 0 aliphatic rings. The molecule has 0 radical (unpaired) electrons. The SMILES string of the molecule is c1ccc(-c2ccc(-c3nc(-c4cc5ccccc5c5ccccc45)cc(-c4cc5cccnc5c5ncccc45)n3)cc2)nc1. The lowest BCUT2D eigenvalue weighted by Gasteiger charge is -2.15. The van der Waals surface area contributed by atoms with E-state index < -0.39 is 0 Å². The molecular formula is C41H25N5. The van der Waals surface area contributed by atoms with E-state index in [2.05, 4.69) is 113 Å². The van der Waals surface area contributed by atoms with Crippen LogP contribution in [0.3, 0.4) is 0 Å². The minimum atomic E-state index is 0.653. The summed E-state index contributed by atoms with van der Waals surface area (Å²) in [5.41, 5.74) is 8.37. The van der Waals surface area contributed by atoms with E-state index in [-0.39, 0.29) is 0 Å². The van der Waals surface area contributed by atoms with Crippen molar-refractivity contribution in [1.29, 1.82) is 0 Å². The van der Waals surface area contributed by atoms with E-state index in [1.807, 2.05) is 48.9 Å². The lowest BCUT2D eigenvalue weighted by molar-refractivity contribution is 1.19. The summed E-state index contributed by atoms with van der Waals surface area (Å²) < 4.78 is 0. The number of fused-ring (bicyclic) bond motifs is 6. The van der Waals surface area contributed by atoms with Crippen molar-refractivity contribution in [3.8, 4) is 45.2 Å². The molecule has 4 heterocycles. The van der Waals surface area contributed by atoms with Gasteiger partial charge in [-0.25, -0.2) is 9.97 Å². The van der Waals surface area contributed by atoms with Crippen LogP contribution in [0.25, 0.3) is 88.5 Å². The molecule has 0 aliphatic carbocycles. The molecule has 0 atom stereocenters. The van der Waals surface area contributed by atoms with Gasteiger partial charge < -0.3 is 0 Å². The first-order valence-corrected chi connectivity index (χ1v) is 15.2. The quantitative estimate of drug-likeness (QED) is 0.192. The van der Waals surface area contributed by atoms with Gasteiger partial charge in [0.25, 0.3) is 0 Å². The van der Waals surface area contributed by atoms with Crippen molar-refractivity contribution in [2.75, 3.05) is 0 Å². The van der Waals surface area contributed by atoms with Gasteiger partial charge in [0.2, 0.25) is 0 Å². The molecule has 214 valence electrons. The molecule has 0 amide bonds. The summed E-state index contributed by atoms with van der Waals surface area (Å²) in [7, 11) is 0. The maximum absolute atomic E-state index is 5.25. The molecule has 5 aromatic carbocycles. The van der Waals surface area contributed by atoms with Gasteiger partial charge in [-0.05, 0) is 64.0 Å². The Morgan fingerprint density at radius 2 is 0.935 bits per heavy atom. The molecule has 0 fully saturated rings. The summed E-state index contributed by atoms with van der Waals surface area (Å²) in [5, 5.41) is 6.75. The minimum Gasteiger partial charge on any atom is -0.256 e. The zero-order valence-corrected chi connectivity index (χ0v) is 24.7. The second-order valence-electron chi connectivity index (χ2n) is 11.3. The van der Waals surface area contributed by atoms with Crippen molar-refractivity contribution >= 4 is 43.4 Å². The molecular weight excluding hydrogens is 562 g/mol. The molecule has 5 heteroatoms. The molecule has 9 aromatic rings. The summed E-state index contributed by atoms with van der Waals surface area (Å²) in [6, 6.07) is 46.0. The molecule has 46 heavy (non-hydrogen) atoms. The third-order valence-corrected chi connectivity index (χ3v) is 8.61. The Morgan fingerprint density at radius 1 is 0.348 bits per heavy atom. The molecule has 4 aromatic heterocycles. The molecule has 0 spiro atoms. The van der Waals surface area contributed by atoms with Gasteiger partial charge in [-0.15, -0.1) is 0 Å². The lowest BCUT2D eigenvalue weighted by atomic mass is 9.94. The number of hydrogen-bond donors (Lipinski definition) is 0. The van der Waals surface area contributed by atoms with Crippen molar-refractivity contribution in [1.82, 2.24) is 24.9 Å². The average Bonchev–Trinajstić information content (AvgIpc) is 3.14. The van der Waals surface area contributed by atoms with E-state index in [1.165, 1.54) is 16.2 Å². The fourth-order valence-corrected chi connectivity index (χ4v) is 6.43. The maximum Gasteiger partial charge on any atom is 0.160 e. The van der Waals surface area contributed by atoms with Crippen LogP contribution < -0.4 is 0 Å². The first-order chi connectivity index (χ1) is 22.8. The monoisotopic (exact) mass is 587 g/mol. The lowest BCUT2D eigenvalue weighted by Crippen LogP contribution is -1.98.